The Morgan fingerprint density at radius 2 is 1.60 bits per heavy atom. The first-order chi connectivity index (χ1) is 22.0. The zero-order valence-corrected chi connectivity index (χ0v) is 26.8. The van der Waals surface area contributed by atoms with Crippen LogP contribution in [0.4, 0.5) is 23.4 Å². The summed E-state index contributed by atoms with van der Waals surface area (Å²) in [4.78, 5) is 61.4. The number of aliphatic hydroxyl groups is 2. The molecule has 0 saturated carbocycles. The van der Waals surface area contributed by atoms with Gasteiger partial charge in [-0.2, -0.15) is 14.3 Å². The second kappa shape index (κ2) is 12.5. The number of nitrogens with zero attached hydrogens (tertiary/aromatic N) is 4. The number of thiol groups is 2. The van der Waals surface area contributed by atoms with Crippen molar-refractivity contribution in [2.45, 2.75) is 42.9 Å². The number of nitrogens with one attached hydrogen (secondary N) is 4. The number of phosphoric ester groups is 2. The van der Waals surface area contributed by atoms with Gasteiger partial charge in [-0.3, -0.25) is 33.2 Å². The van der Waals surface area contributed by atoms with Gasteiger partial charge in [0.15, 0.2) is 29.4 Å². The van der Waals surface area contributed by atoms with E-state index in [0.717, 1.165) is 10.9 Å². The second-order valence-electron chi connectivity index (χ2n) is 10.2. The quantitative estimate of drug-likeness (QED) is 0.0828. The fraction of sp³-hybridized carbons (Fsp3) is 0.450. The number of nitrogens with two attached hydrogens (primary N) is 2. The van der Waals surface area contributed by atoms with Gasteiger partial charge in [0, 0.05) is 9.81 Å². The van der Waals surface area contributed by atoms with Crippen LogP contribution in [0, 0.1) is 0 Å². The number of anilines is 4. The van der Waals surface area contributed by atoms with E-state index in [-0.39, 0.29) is 44.4 Å². The van der Waals surface area contributed by atoms with Gasteiger partial charge < -0.3 is 51.6 Å². The molecule has 3 aliphatic heterocycles. The predicted molar refractivity (Wildman–Crippen MR) is 165 cm³/mol. The molecule has 47 heavy (non-hydrogen) atoms. The van der Waals surface area contributed by atoms with Crippen molar-refractivity contribution in [3.8, 4) is 0 Å². The lowest BCUT2D eigenvalue weighted by atomic mass is 10.1. The Morgan fingerprint density at radius 1 is 0.936 bits per heavy atom. The lowest BCUT2D eigenvalue weighted by molar-refractivity contribution is -0.0506. The Labute approximate surface area is 271 Å². The number of ether oxygens (including phenoxy) is 2. The lowest BCUT2D eigenvalue weighted by Gasteiger charge is -2.41. The van der Waals surface area contributed by atoms with Crippen molar-refractivity contribution < 1.29 is 52.0 Å². The Hall–Kier alpha value is -3.03. The summed E-state index contributed by atoms with van der Waals surface area (Å²) in [6.07, 6.45) is -7.25. The van der Waals surface area contributed by atoms with E-state index < -0.39 is 82.9 Å². The molecule has 6 heterocycles. The van der Waals surface area contributed by atoms with Crippen LogP contribution in [0.5, 0.6) is 0 Å². The summed E-state index contributed by atoms with van der Waals surface area (Å²) in [7, 11) is -10.7. The molecule has 0 bridgehead atoms. The summed E-state index contributed by atoms with van der Waals surface area (Å²) in [5.41, 5.74) is 9.76. The predicted octanol–water partition coefficient (Wildman–Crippen LogP) is -2.06. The molecule has 0 radical (unpaired) electrons. The molecule has 0 spiro atoms. The third-order valence-corrected chi connectivity index (χ3v) is 10.9. The second-order valence-corrected chi connectivity index (χ2v) is 14.2. The molecule has 1 saturated heterocycles. The van der Waals surface area contributed by atoms with Crippen molar-refractivity contribution >= 4 is 75.5 Å². The van der Waals surface area contributed by atoms with Gasteiger partial charge in [0.05, 0.1) is 19.5 Å². The number of hydrogen-bond acceptors (Lipinski definition) is 20. The number of fused-ring (bicyclic) bond motifs is 3. The number of H-pyrrole nitrogens is 2. The number of nitrogen functional groups attached to an aromatic ring is 2. The van der Waals surface area contributed by atoms with E-state index in [4.69, 9.17) is 30.0 Å². The van der Waals surface area contributed by atoms with Crippen LogP contribution < -0.4 is 33.2 Å². The van der Waals surface area contributed by atoms with Crippen molar-refractivity contribution in [1.82, 2.24) is 29.5 Å². The summed E-state index contributed by atoms with van der Waals surface area (Å²) >= 11 is 8.75. The molecular weight excluding hydrogens is 714 g/mol. The number of rotatable bonds is 9. The topological polar surface area (TPSA) is 347 Å². The number of imidazole rings is 1. The monoisotopic (exact) mass is 740 g/mol. The molecule has 3 aromatic rings. The first-order valence-electron chi connectivity index (χ1n) is 13.1. The van der Waals surface area contributed by atoms with Crippen molar-refractivity contribution in [2.75, 3.05) is 35.3 Å². The Kier molecular flexibility index (Phi) is 8.97. The van der Waals surface area contributed by atoms with Gasteiger partial charge >= 0.3 is 15.6 Å². The Bertz CT molecular complexity index is 1970. The maximum atomic E-state index is 12.6. The number of aliphatic hydroxyl groups excluding tert-OH is 2. The van der Waals surface area contributed by atoms with E-state index >= 15 is 0 Å². The summed E-state index contributed by atoms with van der Waals surface area (Å²) in [6.45, 7) is -1.66. The summed E-state index contributed by atoms with van der Waals surface area (Å²) in [5.74, 6) is -0.358. The van der Waals surface area contributed by atoms with Crippen LogP contribution in [0.2, 0.25) is 0 Å². The molecule has 9 atom stereocenters. The van der Waals surface area contributed by atoms with Gasteiger partial charge in [-0.25, -0.2) is 14.1 Å². The zero-order chi connectivity index (χ0) is 34.0. The van der Waals surface area contributed by atoms with Crippen molar-refractivity contribution in [2.24, 2.45) is 0 Å². The highest BCUT2D eigenvalue weighted by atomic mass is 32.1. The highest BCUT2D eigenvalue weighted by Crippen LogP contribution is 2.61. The largest absolute Gasteiger partial charge is 0.481 e. The first kappa shape index (κ1) is 33.9. The van der Waals surface area contributed by atoms with Gasteiger partial charge in [-0.1, -0.05) is 0 Å². The first-order valence-corrected chi connectivity index (χ1v) is 17.0. The van der Waals surface area contributed by atoms with Crippen LogP contribution in [0.25, 0.3) is 11.2 Å². The number of aromatic amines is 2. The Morgan fingerprint density at radius 3 is 2.32 bits per heavy atom. The highest BCUT2D eigenvalue weighted by Gasteiger charge is 2.47. The van der Waals surface area contributed by atoms with Gasteiger partial charge in [0.25, 0.3) is 11.1 Å². The fourth-order valence-corrected chi connectivity index (χ4v) is 7.62. The minimum atomic E-state index is -5.38. The van der Waals surface area contributed by atoms with Gasteiger partial charge in [0.1, 0.15) is 36.1 Å². The molecule has 1 fully saturated rings. The van der Waals surface area contributed by atoms with Crippen LogP contribution >= 0.6 is 40.9 Å². The molecule has 0 aromatic carbocycles. The van der Waals surface area contributed by atoms with Crippen LogP contribution in [-0.4, -0.2) is 99.4 Å². The van der Waals surface area contributed by atoms with Crippen molar-refractivity contribution in [3.05, 3.63) is 36.8 Å². The zero-order valence-electron chi connectivity index (χ0n) is 23.2. The van der Waals surface area contributed by atoms with Gasteiger partial charge in [-0.15, -0.1) is 25.3 Å². The highest BCUT2D eigenvalue weighted by molar-refractivity contribution is 7.88. The minimum Gasteiger partial charge on any atom is -0.387 e. The summed E-state index contributed by atoms with van der Waals surface area (Å²) in [6, 6.07) is -0.736. The van der Waals surface area contributed by atoms with Crippen molar-refractivity contribution in [3.63, 3.8) is 0 Å². The van der Waals surface area contributed by atoms with E-state index in [1.165, 1.54) is 0 Å². The third-order valence-electron chi connectivity index (χ3n) is 7.05. The fourth-order valence-electron chi connectivity index (χ4n) is 4.92. The van der Waals surface area contributed by atoms with E-state index in [9.17, 15) is 38.7 Å². The van der Waals surface area contributed by atoms with Gasteiger partial charge in [0.2, 0.25) is 11.9 Å². The molecule has 23 nitrogen and oxygen atoms in total. The molecule has 2 unspecified atom stereocenters. The van der Waals surface area contributed by atoms with E-state index in [1.807, 2.05) is 0 Å². The number of aromatic nitrogens is 6. The molecule has 3 aromatic heterocycles. The van der Waals surface area contributed by atoms with Crippen LogP contribution in [0.3, 0.4) is 0 Å². The summed E-state index contributed by atoms with van der Waals surface area (Å²) < 4.78 is 51.6. The number of phosphoric acid groups is 2. The average molecular weight is 741 g/mol. The molecule has 0 amide bonds. The minimum absolute atomic E-state index is 0.0629. The van der Waals surface area contributed by atoms with Crippen LogP contribution in [-0.2, 0) is 32.0 Å². The number of hydrogen-bond donors (Lipinski definition) is 12. The Balaban J connectivity index is 1.06. The smallest absolute Gasteiger partial charge is 0.387 e. The van der Waals surface area contributed by atoms with Crippen LogP contribution in [0.1, 0.15) is 6.23 Å². The SMILES string of the molecule is Nc1nc2c(c(=O)[nH]1)N[C@H]1C(S)=C(S)[C@@H](COP(=O)(O)OP(=O)(O)OC[C@H]3O[C@@H](n4cnc5c(=O)[nH]c(N)nc54)[C@H](O)[C@@H]3O)O[C@H]1N2. The maximum absolute atomic E-state index is 12.6. The third kappa shape index (κ3) is 6.67. The maximum Gasteiger partial charge on any atom is 0.481 e. The normalized spacial score (nSPS) is 29.8. The van der Waals surface area contributed by atoms with Crippen LogP contribution in [0.15, 0.2) is 25.7 Å². The van der Waals surface area contributed by atoms with E-state index in [0.29, 0.717) is 0 Å². The standard InChI is InChI=1S/C20H26N10O13P2S2/c21-19-26-13-7(15(33)28-19)24-6-12(47)11(46)5(41-17(6)25-13)2-40-45(37,38)43-44(35,36)39-1-4-9(31)10(32)18(42-4)30-3-23-8-14(30)27-20(22)29-16(8)34/h3-6,9-10,17-18,24,31-32,46-47H,1-2H2,(H,35,36)(H,37,38)(H3,22,27,29,34)(H4,21,25,26,28,33)/t4-,5-,6+,9-,10-,17-,18-/m1/s1. The molecule has 6 rings (SSSR count). The molecular formula is C20H26N10O13P2S2. The van der Waals surface area contributed by atoms with Gasteiger partial charge in [-0.05, 0) is 0 Å². The molecule has 27 heteroatoms. The lowest BCUT2D eigenvalue weighted by Crippen LogP contribution is -2.52. The molecule has 12 N–H and O–H groups in total. The van der Waals surface area contributed by atoms with Crippen molar-refractivity contribution in [1.29, 1.82) is 0 Å². The van der Waals surface area contributed by atoms with E-state index in [1.54, 1.807) is 0 Å². The molecule has 0 aliphatic carbocycles. The summed E-state index contributed by atoms with van der Waals surface area (Å²) in [5, 5.41) is 26.8. The molecule has 256 valence electrons. The van der Waals surface area contributed by atoms with E-state index in [2.05, 4.69) is 65.1 Å². The molecule has 3 aliphatic rings. The average Bonchev–Trinajstić information content (AvgIpc) is 3.52.